The Labute approximate surface area is 76.7 Å². The Kier molecular flexibility index (Phi) is 2.17. The highest BCUT2D eigenvalue weighted by atomic mass is 19.1. The molecule has 0 aliphatic heterocycles. The van der Waals surface area contributed by atoms with Gasteiger partial charge in [-0.15, -0.1) is 0 Å². The van der Waals surface area contributed by atoms with E-state index in [2.05, 4.69) is 4.98 Å². The predicted molar refractivity (Wildman–Crippen MR) is 47.2 cm³/mol. The molecule has 0 radical (unpaired) electrons. The van der Waals surface area contributed by atoms with Gasteiger partial charge in [0.2, 0.25) is 0 Å². The van der Waals surface area contributed by atoms with Gasteiger partial charge >= 0.3 is 0 Å². The number of pyridine rings is 1. The van der Waals surface area contributed by atoms with Crippen LogP contribution < -0.4 is 4.74 Å². The van der Waals surface area contributed by atoms with Gasteiger partial charge in [-0.2, -0.15) is 0 Å². The molecule has 0 bridgehead atoms. The fraction of sp³-hybridized carbons (Fsp3) is 0.500. The molecule has 0 spiro atoms. The molecule has 1 aromatic rings. The van der Waals surface area contributed by atoms with Crippen LogP contribution in [0.1, 0.15) is 18.5 Å². The van der Waals surface area contributed by atoms with E-state index in [1.54, 1.807) is 13.1 Å². The lowest BCUT2D eigenvalue weighted by molar-refractivity contribution is 0.297. The van der Waals surface area contributed by atoms with Gasteiger partial charge in [-0.1, -0.05) is 0 Å². The molecule has 1 fully saturated rings. The Morgan fingerprint density at radius 3 is 3.00 bits per heavy atom. The Morgan fingerprint density at radius 2 is 2.38 bits per heavy atom. The van der Waals surface area contributed by atoms with E-state index >= 15 is 0 Å². The number of hydrogen-bond donors (Lipinski definition) is 0. The minimum Gasteiger partial charge on any atom is -0.492 e. The van der Waals surface area contributed by atoms with Crippen LogP contribution in [0.15, 0.2) is 12.3 Å². The first kappa shape index (κ1) is 8.48. The third-order valence-electron chi connectivity index (χ3n) is 2.18. The molecule has 0 unspecified atom stereocenters. The summed E-state index contributed by atoms with van der Waals surface area (Å²) in [7, 11) is 0. The quantitative estimate of drug-likeness (QED) is 0.713. The molecule has 3 heteroatoms. The summed E-state index contributed by atoms with van der Waals surface area (Å²) in [5, 5.41) is 0. The minimum atomic E-state index is -0.298. The van der Waals surface area contributed by atoms with Crippen molar-refractivity contribution in [1.82, 2.24) is 4.98 Å². The lowest BCUT2D eigenvalue weighted by atomic mass is 10.3. The highest BCUT2D eigenvalue weighted by Crippen LogP contribution is 2.29. The molecule has 0 atom stereocenters. The maximum Gasteiger partial charge on any atom is 0.148 e. The lowest BCUT2D eigenvalue weighted by Crippen LogP contribution is -2.00. The van der Waals surface area contributed by atoms with Gasteiger partial charge < -0.3 is 4.74 Å². The van der Waals surface area contributed by atoms with E-state index in [1.807, 2.05) is 0 Å². The van der Waals surface area contributed by atoms with Gasteiger partial charge in [0, 0.05) is 6.07 Å². The van der Waals surface area contributed by atoms with E-state index in [0.29, 0.717) is 24.0 Å². The highest BCUT2D eigenvalue weighted by Gasteiger charge is 2.21. The second-order valence-corrected chi connectivity index (χ2v) is 3.49. The van der Waals surface area contributed by atoms with Crippen molar-refractivity contribution in [2.75, 3.05) is 6.61 Å². The Hall–Kier alpha value is -1.12. The Balaban J connectivity index is 1.98. The smallest absolute Gasteiger partial charge is 0.148 e. The molecule has 2 nitrogen and oxygen atoms in total. The van der Waals surface area contributed by atoms with Crippen molar-refractivity contribution in [2.45, 2.75) is 19.8 Å². The van der Waals surface area contributed by atoms with E-state index in [-0.39, 0.29) is 5.82 Å². The monoisotopic (exact) mass is 181 g/mol. The number of halogens is 1. The van der Waals surface area contributed by atoms with Crippen LogP contribution in [-0.2, 0) is 0 Å². The summed E-state index contributed by atoms with van der Waals surface area (Å²) in [6.07, 6.45) is 4.05. The van der Waals surface area contributed by atoms with Crippen LogP contribution in [0.5, 0.6) is 5.75 Å². The van der Waals surface area contributed by atoms with E-state index < -0.39 is 0 Å². The zero-order valence-electron chi connectivity index (χ0n) is 7.59. The van der Waals surface area contributed by atoms with Crippen LogP contribution in [0.3, 0.4) is 0 Å². The summed E-state index contributed by atoms with van der Waals surface area (Å²) in [6, 6.07) is 1.39. The summed E-state index contributed by atoms with van der Waals surface area (Å²) in [4.78, 5) is 3.88. The number of nitrogens with zero attached hydrogens (tertiary/aromatic N) is 1. The molecule has 1 aromatic heterocycles. The maximum atomic E-state index is 13.0. The summed E-state index contributed by atoms with van der Waals surface area (Å²) < 4.78 is 18.3. The van der Waals surface area contributed by atoms with E-state index in [4.69, 9.17) is 4.74 Å². The van der Waals surface area contributed by atoms with E-state index in [9.17, 15) is 4.39 Å². The molecule has 1 saturated carbocycles. The standard InChI is InChI=1S/C10H12FNO/c1-7-10(11)4-9(5-12-7)13-6-8-2-3-8/h4-5,8H,2-3,6H2,1H3. The van der Waals surface area contributed by atoms with Crippen LogP contribution in [0.4, 0.5) is 4.39 Å². The van der Waals surface area contributed by atoms with Crippen molar-refractivity contribution in [2.24, 2.45) is 5.92 Å². The van der Waals surface area contributed by atoms with Crippen LogP contribution in [0.2, 0.25) is 0 Å². The molecular formula is C10H12FNO. The summed E-state index contributed by atoms with van der Waals surface area (Å²) >= 11 is 0. The van der Waals surface area contributed by atoms with Crippen molar-refractivity contribution >= 4 is 0 Å². The minimum absolute atomic E-state index is 0.298. The zero-order chi connectivity index (χ0) is 9.26. The highest BCUT2D eigenvalue weighted by molar-refractivity contribution is 5.20. The van der Waals surface area contributed by atoms with Crippen molar-refractivity contribution in [3.05, 3.63) is 23.8 Å². The third kappa shape index (κ3) is 2.17. The SMILES string of the molecule is Cc1ncc(OCC2CC2)cc1F. The number of aryl methyl sites for hydroxylation is 1. The first-order valence-corrected chi connectivity index (χ1v) is 4.50. The Morgan fingerprint density at radius 1 is 1.62 bits per heavy atom. The normalized spacial score (nSPS) is 15.8. The lowest BCUT2D eigenvalue weighted by Gasteiger charge is -2.04. The fourth-order valence-electron chi connectivity index (χ4n) is 1.07. The van der Waals surface area contributed by atoms with Crippen molar-refractivity contribution in [3.8, 4) is 5.75 Å². The number of hydrogen-bond acceptors (Lipinski definition) is 2. The second-order valence-electron chi connectivity index (χ2n) is 3.49. The van der Waals surface area contributed by atoms with Crippen molar-refractivity contribution in [3.63, 3.8) is 0 Å². The molecule has 0 saturated heterocycles. The molecule has 0 aromatic carbocycles. The van der Waals surface area contributed by atoms with Gasteiger partial charge in [-0.3, -0.25) is 4.98 Å². The molecule has 1 heterocycles. The topological polar surface area (TPSA) is 22.1 Å². The van der Waals surface area contributed by atoms with Gasteiger partial charge in [0.15, 0.2) is 0 Å². The molecule has 70 valence electrons. The van der Waals surface area contributed by atoms with Gasteiger partial charge in [0.1, 0.15) is 11.6 Å². The molecule has 0 N–H and O–H groups in total. The van der Waals surface area contributed by atoms with Crippen molar-refractivity contribution in [1.29, 1.82) is 0 Å². The average Bonchev–Trinajstić information content (AvgIpc) is 2.91. The molecule has 1 aliphatic rings. The second kappa shape index (κ2) is 3.32. The fourth-order valence-corrected chi connectivity index (χ4v) is 1.07. The summed E-state index contributed by atoms with van der Waals surface area (Å²) in [6.45, 7) is 2.34. The molecule has 13 heavy (non-hydrogen) atoms. The molecular weight excluding hydrogens is 169 g/mol. The molecule has 0 amide bonds. The first-order chi connectivity index (χ1) is 6.25. The van der Waals surface area contributed by atoms with Gasteiger partial charge in [-0.05, 0) is 25.7 Å². The van der Waals surface area contributed by atoms with Crippen LogP contribution in [0, 0.1) is 18.7 Å². The average molecular weight is 181 g/mol. The van der Waals surface area contributed by atoms with Gasteiger partial charge in [-0.25, -0.2) is 4.39 Å². The Bertz CT molecular complexity index is 310. The molecule has 2 rings (SSSR count). The van der Waals surface area contributed by atoms with Crippen LogP contribution in [0.25, 0.3) is 0 Å². The van der Waals surface area contributed by atoms with Crippen LogP contribution in [-0.4, -0.2) is 11.6 Å². The number of ether oxygens (including phenoxy) is 1. The predicted octanol–water partition coefficient (Wildman–Crippen LogP) is 2.32. The number of aromatic nitrogens is 1. The molecule has 1 aliphatic carbocycles. The largest absolute Gasteiger partial charge is 0.492 e. The van der Waals surface area contributed by atoms with E-state index in [0.717, 1.165) is 0 Å². The van der Waals surface area contributed by atoms with Crippen molar-refractivity contribution < 1.29 is 9.13 Å². The zero-order valence-corrected chi connectivity index (χ0v) is 7.59. The van der Waals surface area contributed by atoms with E-state index in [1.165, 1.54) is 18.9 Å². The summed E-state index contributed by atoms with van der Waals surface area (Å²) in [5.41, 5.74) is 0.416. The number of rotatable bonds is 3. The van der Waals surface area contributed by atoms with Gasteiger partial charge in [0.05, 0.1) is 18.5 Å². The third-order valence-corrected chi connectivity index (χ3v) is 2.18. The maximum absolute atomic E-state index is 13.0. The van der Waals surface area contributed by atoms with Gasteiger partial charge in [0.25, 0.3) is 0 Å². The summed E-state index contributed by atoms with van der Waals surface area (Å²) in [5.74, 6) is 0.924. The van der Waals surface area contributed by atoms with Crippen LogP contribution >= 0.6 is 0 Å². The first-order valence-electron chi connectivity index (χ1n) is 4.50.